The second kappa shape index (κ2) is 7.93. The zero-order valence-electron chi connectivity index (χ0n) is 12.5. The number of rotatable bonds is 5. The lowest BCUT2D eigenvalue weighted by molar-refractivity contribution is -0.145. The van der Waals surface area contributed by atoms with E-state index in [1.807, 2.05) is 11.6 Å². The first-order chi connectivity index (χ1) is 10.3. The Bertz CT molecular complexity index is 661. The Morgan fingerprint density at radius 2 is 2.00 bits per heavy atom. The maximum Gasteiger partial charge on any atom is 0.451 e. The molecular weight excluding hydrogens is 353 g/mol. The number of aromatic nitrogens is 5. The van der Waals surface area contributed by atoms with Crippen LogP contribution in [0.15, 0.2) is 11.4 Å². The summed E-state index contributed by atoms with van der Waals surface area (Å²) in [5.74, 6) is 0.0616. The molecule has 2 heterocycles. The van der Waals surface area contributed by atoms with Gasteiger partial charge in [0.15, 0.2) is 5.16 Å². The van der Waals surface area contributed by atoms with E-state index in [0.29, 0.717) is 35.1 Å². The molecule has 0 aliphatic heterocycles. The number of thioether (sulfide) groups is 1. The lowest BCUT2D eigenvalue weighted by atomic mass is 10.3. The van der Waals surface area contributed by atoms with Gasteiger partial charge >= 0.3 is 6.18 Å². The lowest BCUT2D eigenvalue weighted by Gasteiger charge is -2.08. The molecule has 128 valence electrons. The number of nitrogens with zero attached hydrogens (tertiary/aromatic N) is 5. The van der Waals surface area contributed by atoms with E-state index in [2.05, 4.69) is 20.2 Å². The van der Waals surface area contributed by atoms with Crippen LogP contribution in [0.2, 0.25) is 0 Å². The second-order valence-corrected chi connectivity index (χ2v) is 5.53. The third-order valence-electron chi connectivity index (χ3n) is 2.98. The van der Waals surface area contributed by atoms with Crippen molar-refractivity contribution in [3.05, 3.63) is 29.1 Å². The second-order valence-electron chi connectivity index (χ2n) is 4.59. The summed E-state index contributed by atoms with van der Waals surface area (Å²) in [6.07, 6.45) is -2.71. The molecular formula is C12H16ClF3N6S. The van der Waals surface area contributed by atoms with Crippen molar-refractivity contribution in [3.8, 4) is 0 Å². The first-order valence-corrected chi connectivity index (χ1v) is 7.42. The summed E-state index contributed by atoms with van der Waals surface area (Å²) in [5.41, 5.74) is 6.41. The fourth-order valence-corrected chi connectivity index (χ4v) is 2.70. The van der Waals surface area contributed by atoms with Crippen LogP contribution >= 0.6 is 24.2 Å². The molecule has 0 bridgehead atoms. The molecule has 0 radical (unpaired) electrons. The van der Waals surface area contributed by atoms with Crippen molar-refractivity contribution < 1.29 is 13.2 Å². The number of aryl methyl sites for hydroxylation is 1. The molecule has 23 heavy (non-hydrogen) atoms. The van der Waals surface area contributed by atoms with Gasteiger partial charge < -0.3 is 10.3 Å². The van der Waals surface area contributed by atoms with E-state index in [1.54, 1.807) is 0 Å². The van der Waals surface area contributed by atoms with E-state index in [9.17, 15) is 13.2 Å². The summed E-state index contributed by atoms with van der Waals surface area (Å²) in [5, 5.41) is 8.72. The Morgan fingerprint density at radius 3 is 2.57 bits per heavy atom. The van der Waals surface area contributed by atoms with Crippen molar-refractivity contribution in [2.45, 2.75) is 30.4 Å². The van der Waals surface area contributed by atoms with Gasteiger partial charge in [-0.1, -0.05) is 11.8 Å². The Labute approximate surface area is 141 Å². The van der Waals surface area contributed by atoms with Gasteiger partial charge in [0.1, 0.15) is 5.82 Å². The Balaban J connectivity index is 0.00000264. The molecule has 11 heteroatoms. The number of hydrogen-bond acceptors (Lipinski definition) is 6. The maximum absolute atomic E-state index is 12.5. The molecule has 0 aliphatic carbocycles. The van der Waals surface area contributed by atoms with Gasteiger partial charge in [0.05, 0.1) is 0 Å². The molecule has 0 atom stereocenters. The molecule has 2 N–H and O–H groups in total. The van der Waals surface area contributed by atoms with E-state index in [4.69, 9.17) is 5.73 Å². The summed E-state index contributed by atoms with van der Waals surface area (Å²) < 4.78 is 39.4. The van der Waals surface area contributed by atoms with Crippen LogP contribution in [0.3, 0.4) is 0 Å². The Morgan fingerprint density at radius 1 is 1.30 bits per heavy atom. The quantitative estimate of drug-likeness (QED) is 0.814. The molecule has 0 unspecified atom stereocenters. The van der Waals surface area contributed by atoms with Crippen molar-refractivity contribution in [2.75, 3.05) is 6.54 Å². The number of halogens is 4. The molecule has 0 fully saturated rings. The van der Waals surface area contributed by atoms with Gasteiger partial charge in [0.2, 0.25) is 5.82 Å². The highest BCUT2D eigenvalue weighted by molar-refractivity contribution is 7.98. The van der Waals surface area contributed by atoms with Crippen LogP contribution in [-0.4, -0.2) is 31.3 Å². The highest BCUT2D eigenvalue weighted by Gasteiger charge is 2.34. The van der Waals surface area contributed by atoms with Gasteiger partial charge in [-0.15, -0.1) is 22.6 Å². The van der Waals surface area contributed by atoms with Gasteiger partial charge in [-0.2, -0.15) is 13.2 Å². The number of hydrogen-bond donors (Lipinski definition) is 1. The minimum absolute atomic E-state index is 0. The minimum atomic E-state index is -4.53. The van der Waals surface area contributed by atoms with Crippen LogP contribution in [0.4, 0.5) is 13.2 Å². The van der Waals surface area contributed by atoms with Gasteiger partial charge in [0.25, 0.3) is 0 Å². The number of alkyl halides is 3. The fourth-order valence-electron chi connectivity index (χ4n) is 1.73. The van der Waals surface area contributed by atoms with E-state index in [1.165, 1.54) is 24.9 Å². The summed E-state index contributed by atoms with van der Waals surface area (Å²) in [6.45, 7) is 2.01. The normalized spacial score (nSPS) is 11.4. The lowest BCUT2D eigenvalue weighted by Crippen LogP contribution is -2.12. The van der Waals surface area contributed by atoms with Crippen LogP contribution in [0, 0.1) is 6.92 Å². The smallest absolute Gasteiger partial charge is 0.330 e. The zero-order chi connectivity index (χ0) is 16.3. The predicted molar refractivity (Wildman–Crippen MR) is 82.3 cm³/mol. The predicted octanol–water partition coefficient (Wildman–Crippen LogP) is 2.15. The number of nitrogens with two attached hydrogens (primary N) is 1. The van der Waals surface area contributed by atoms with E-state index in [-0.39, 0.29) is 12.4 Å². The van der Waals surface area contributed by atoms with Gasteiger partial charge in [-0.3, -0.25) is 0 Å². The summed E-state index contributed by atoms with van der Waals surface area (Å²) in [4.78, 5) is 6.88. The summed E-state index contributed by atoms with van der Waals surface area (Å²) in [7, 11) is 1.82. The molecule has 6 nitrogen and oxygen atoms in total. The third kappa shape index (κ3) is 4.79. The van der Waals surface area contributed by atoms with Crippen LogP contribution in [0.25, 0.3) is 0 Å². The maximum atomic E-state index is 12.5. The van der Waals surface area contributed by atoms with Gasteiger partial charge in [0, 0.05) is 36.7 Å². The van der Waals surface area contributed by atoms with Crippen LogP contribution < -0.4 is 5.73 Å². The Hall–Kier alpha value is -1.39. The molecule has 0 saturated carbocycles. The topological polar surface area (TPSA) is 82.5 Å². The molecule has 0 saturated heterocycles. The van der Waals surface area contributed by atoms with E-state index >= 15 is 0 Å². The minimum Gasteiger partial charge on any atom is -0.330 e. The molecule has 0 amide bonds. The zero-order valence-corrected chi connectivity index (χ0v) is 14.1. The largest absolute Gasteiger partial charge is 0.451 e. The average Bonchev–Trinajstić information content (AvgIpc) is 2.78. The van der Waals surface area contributed by atoms with E-state index < -0.39 is 12.0 Å². The van der Waals surface area contributed by atoms with Crippen LogP contribution in [0.5, 0.6) is 0 Å². The summed E-state index contributed by atoms with van der Waals surface area (Å²) >= 11 is 1.36. The third-order valence-corrected chi connectivity index (χ3v) is 4.05. The van der Waals surface area contributed by atoms with Gasteiger partial charge in [-0.25, -0.2) is 9.97 Å². The van der Waals surface area contributed by atoms with Crippen molar-refractivity contribution in [2.24, 2.45) is 12.8 Å². The SMILES string of the molecule is Cc1nc(C(F)(F)F)ncc1CSc1nnc(CCN)n1C.Cl. The average molecular weight is 369 g/mol. The molecule has 2 rings (SSSR count). The Kier molecular flexibility index (Phi) is 6.78. The first kappa shape index (κ1) is 19.7. The highest BCUT2D eigenvalue weighted by Crippen LogP contribution is 2.27. The molecule has 2 aromatic heterocycles. The van der Waals surface area contributed by atoms with Crippen molar-refractivity contribution in [1.82, 2.24) is 24.7 Å². The van der Waals surface area contributed by atoms with Crippen molar-refractivity contribution in [3.63, 3.8) is 0 Å². The highest BCUT2D eigenvalue weighted by atomic mass is 35.5. The van der Waals surface area contributed by atoms with Gasteiger partial charge in [-0.05, 0) is 13.5 Å². The van der Waals surface area contributed by atoms with Crippen molar-refractivity contribution >= 4 is 24.2 Å². The standard InChI is InChI=1S/C12H15F3N6S.ClH/c1-7-8(5-17-10(18-7)12(13,14)15)6-22-11-20-19-9(3-4-16)21(11)2;/h5H,3-4,6,16H2,1-2H3;1H. The summed E-state index contributed by atoms with van der Waals surface area (Å²) in [6, 6.07) is 0. The van der Waals surface area contributed by atoms with Crippen molar-refractivity contribution in [1.29, 1.82) is 0 Å². The molecule has 0 aliphatic rings. The first-order valence-electron chi connectivity index (χ1n) is 6.43. The molecule has 2 aromatic rings. The molecule has 0 aromatic carbocycles. The molecule has 0 spiro atoms. The fraction of sp³-hybridized carbons (Fsp3) is 0.500. The van der Waals surface area contributed by atoms with Crippen LogP contribution in [-0.2, 0) is 25.4 Å². The van der Waals surface area contributed by atoms with Crippen LogP contribution in [0.1, 0.15) is 22.9 Å². The monoisotopic (exact) mass is 368 g/mol. The van der Waals surface area contributed by atoms with E-state index in [0.717, 1.165) is 5.82 Å².